The monoisotopic (exact) mass is 122 g/mol. The van der Waals surface area contributed by atoms with Gasteiger partial charge in [0.1, 0.15) is 5.42 Å². The summed E-state index contributed by atoms with van der Waals surface area (Å²) in [7, 11) is 1.71. The molecule has 9 heavy (non-hydrogen) atoms. The third-order valence-corrected chi connectivity index (χ3v) is 1.05. The average Bonchev–Trinajstić information content (AvgIpc) is 2.18. The fourth-order valence-electron chi connectivity index (χ4n) is 0.605. The molecular weight excluding hydrogens is 114 g/mol. The summed E-state index contributed by atoms with van der Waals surface area (Å²) >= 11 is 0. The molecule has 1 aromatic rings. The Morgan fingerprint density at radius 3 is 3.00 bits per heavy atom. The lowest BCUT2D eigenvalue weighted by atomic mass is 10.5. The van der Waals surface area contributed by atoms with E-state index in [2.05, 4.69) is 11.9 Å². The number of furan rings is 1. The van der Waals surface area contributed by atoms with E-state index in [0.717, 1.165) is 5.22 Å². The smallest absolute Gasteiger partial charge is 0.124 e. The second kappa shape index (κ2) is 2.40. The van der Waals surface area contributed by atoms with Gasteiger partial charge in [-0.1, -0.05) is 6.58 Å². The van der Waals surface area contributed by atoms with E-state index in [4.69, 9.17) is 4.42 Å². The Morgan fingerprint density at radius 1 is 1.78 bits per heavy atom. The first kappa shape index (κ1) is 5.95. The molecule has 0 saturated carbocycles. The summed E-state index contributed by atoms with van der Waals surface area (Å²) in [5, 5.41) is 4.76. The summed E-state index contributed by atoms with van der Waals surface area (Å²) in [5.41, 5.74) is 0.667. The van der Waals surface area contributed by atoms with Gasteiger partial charge in [-0.25, -0.2) is 0 Å². The average molecular weight is 122 g/mol. The van der Waals surface area contributed by atoms with Crippen LogP contribution in [0, 0.1) is 0 Å². The van der Waals surface area contributed by atoms with Gasteiger partial charge in [0.25, 0.3) is 0 Å². The first-order valence-electron chi connectivity index (χ1n) is 2.66. The van der Waals surface area contributed by atoms with Crippen molar-refractivity contribution in [1.29, 1.82) is 0 Å². The Morgan fingerprint density at radius 2 is 2.56 bits per heavy atom. The van der Waals surface area contributed by atoms with Gasteiger partial charge in [0.05, 0.1) is 6.26 Å². The van der Waals surface area contributed by atoms with Crippen LogP contribution in [0.25, 0.3) is 18.1 Å². The van der Waals surface area contributed by atoms with Crippen molar-refractivity contribution in [1.82, 2.24) is 0 Å². The Hall–Kier alpha value is -1.18. The summed E-state index contributed by atoms with van der Waals surface area (Å²) in [5.74, 6) is 0. The van der Waals surface area contributed by atoms with Gasteiger partial charge >= 0.3 is 0 Å². The van der Waals surface area contributed by atoms with Crippen molar-refractivity contribution < 1.29 is 4.42 Å². The van der Waals surface area contributed by atoms with Gasteiger partial charge < -0.3 is 9.73 Å². The molecule has 1 rings (SSSR count). The van der Waals surface area contributed by atoms with Crippen LogP contribution in [0.1, 0.15) is 0 Å². The quantitative estimate of drug-likeness (QED) is 0.530. The van der Waals surface area contributed by atoms with E-state index >= 15 is 0 Å². The molecule has 0 N–H and O–H groups in total. The highest BCUT2D eigenvalue weighted by atomic mass is 16.3. The maximum absolute atomic E-state index is 4.91. The summed E-state index contributed by atoms with van der Waals surface area (Å²) in [6, 6.07) is 1.83. The Labute approximate surface area is 53.5 Å². The van der Waals surface area contributed by atoms with Gasteiger partial charge in [-0.15, -0.1) is 7.05 Å². The fourth-order valence-corrected chi connectivity index (χ4v) is 0.605. The van der Waals surface area contributed by atoms with Crippen molar-refractivity contribution in [3.63, 3.8) is 0 Å². The minimum Gasteiger partial charge on any atom is -0.693 e. The first-order valence-corrected chi connectivity index (χ1v) is 2.66. The van der Waals surface area contributed by atoms with Gasteiger partial charge in [-0.05, 0) is 11.3 Å². The van der Waals surface area contributed by atoms with E-state index in [0.29, 0.717) is 5.42 Å². The van der Waals surface area contributed by atoms with Gasteiger partial charge in [-0.2, -0.15) is 6.20 Å². The molecule has 2 heteroatoms. The molecule has 0 amide bonds. The van der Waals surface area contributed by atoms with Crippen molar-refractivity contribution in [3.05, 3.63) is 28.3 Å². The minimum absolute atomic E-state index is 0.667. The molecule has 0 aliphatic carbocycles. The SMILES string of the molecule is C=c1occ/c1=C\[N-]C. The second-order valence-electron chi connectivity index (χ2n) is 1.69. The van der Waals surface area contributed by atoms with Gasteiger partial charge in [0.2, 0.25) is 0 Å². The summed E-state index contributed by atoms with van der Waals surface area (Å²) in [4.78, 5) is 0. The van der Waals surface area contributed by atoms with Gasteiger partial charge in [0.15, 0.2) is 0 Å². The molecular formula is C7H8NO-. The molecule has 0 radical (unpaired) electrons. The third-order valence-electron chi connectivity index (χ3n) is 1.05. The largest absolute Gasteiger partial charge is 0.693 e. The second-order valence-corrected chi connectivity index (χ2v) is 1.69. The zero-order chi connectivity index (χ0) is 6.69. The highest BCUT2D eigenvalue weighted by Gasteiger charge is 1.76. The highest BCUT2D eigenvalue weighted by Crippen LogP contribution is 1.75. The van der Waals surface area contributed by atoms with Crippen LogP contribution >= 0.6 is 0 Å². The van der Waals surface area contributed by atoms with E-state index in [1.807, 2.05) is 6.07 Å². The third kappa shape index (κ3) is 1.13. The summed E-state index contributed by atoms with van der Waals surface area (Å²) < 4.78 is 4.91. The van der Waals surface area contributed by atoms with Gasteiger partial charge in [-0.3, -0.25) is 0 Å². The van der Waals surface area contributed by atoms with Crippen molar-refractivity contribution in [3.8, 4) is 0 Å². The number of hydrogen-bond acceptors (Lipinski definition) is 1. The normalized spacial score (nSPS) is 11.9. The van der Waals surface area contributed by atoms with Crippen molar-refractivity contribution >= 4 is 12.8 Å². The Bertz CT molecular complexity index is 273. The molecule has 0 bridgehead atoms. The van der Waals surface area contributed by atoms with Crippen molar-refractivity contribution in [2.45, 2.75) is 0 Å². The lowest BCUT2D eigenvalue weighted by Crippen LogP contribution is -2.16. The van der Waals surface area contributed by atoms with Crippen LogP contribution in [0.2, 0.25) is 0 Å². The van der Waals surface area contributed by atoms with Crippen molar-refractivity contribution in [2.75, 3.05) is 7.05 Å². The van der Waals surface area contributed by atoms with Crippen LogP contribution in [-0.2, 0) is 0 Å². The summed E-state index contributed by atoms with van der Waals surface area (Å²) in [6.07, 6.45) is 3.31. The molecule has 48 valence electrons. The molecule has 0 saturated heterocycles. The molecule has 0 spiro atoms. The van der Waals surface area contributed by atoms with Crippen LogP contribution < -0.4 is 10.6 Å². The maximum atomic E-state index is 4.91. The van der Waals surface area contributed by atoms with E-state index in [1.165, 1.54) is 0 Å². The van der Waals surface area contributed by atoms with Crippen LogP contribution in [0.5, 0.6) is 0 Å². The molecule has 0 fully saturated rings. The Balaban J connectivity index is 3.23. The standard InChI is InChI=1S/C7H8NO/c1-6-7(5-8-2)3-4-9-6/h3-5H,1H2,2H3/q-1/b7-5+. The molecule has 0 aromatic carbocycles. The molecule has 0 aliphatic rings. The molecule has 0 aliphatic heterocycles. The zero-order valence-corrected chi connectivity index (χ0v) is 5.29. The predicted octanol–water partition coefficient (Wildman–Crippen LogP) is 0.431. The maximum Gasteiger partial charge on any atom is 0.124 e. The number of hydrogen-bond donors (Lipinski definition) is 0. The fraction of sp³-hybridized carbons (Fsp3) is 0.143. The molecule has 0 unspecified atom stereocenters. The summed E-state index contributed by atoms with van der Waals surface area (Å²) in [6.45, 7) is 3.64. The number of rotatable bonds is 1. The van der Waals surface area contributed by atoms with Crippen molar-refractivity contribution in [2.24, 2.45) is 0 Å². The highest BCUT2D eigenvalue weighted by molar-refractivity contribution is 5.33. The molecule has 0 atom stereocenters. The topological polar surface area (TPSA) is 27.2 Å². The lowest BCUT2D eigenvalue weighted by Gasteiger charge is -1.97. The zero-order valence-electron chi connectivity index (χ0n) is 5.29. The van der Waals surface area contributed by atoms with E-state index in [-0.39, 0.29) is 0 Å². The van der Waals surface area contributed by atoms with Gasteiger partial charge in [0, 0.05) is 0 Å². The van der Waals surface area contributed by atoms with E-state index in [1.54, 1.807) is 19.5 Å². The minimum atomic E-state index is 0.667. The van der Waals surface area contributed by atoms with Crippen LogP contribution in [-0.4, -0.2) is 7.05 Å². The predicted molar refractivity (Wildman–Crippen MR) is 37.2 cm³/mol. The first-order chi connectivity index (χ1) is 4.34. The number of nitrogens with zero attached hydrogens (tertiary/aromatic N) is 1. The molecule has 1 heterocycles. The molecule has 2 nitrogen and oxygen atoms in total. The van der Waals surface area contributed by atoms with E-state index in [9.17, 15) is 0 Å². The molecule has 1 aromatic heterocycles. The van der Waals surface area contributed by atoms with Crippen LogP contribution in [0.3, 0.4) is 0 Å². The van der Waals surface area contributed by atoms with Crippen LogP contribution in [0.15, 0.2) is 16.7 Å². The van der Waals surface area contributed by atoms with E-state index < -0.39 is 0 Å². The Kier molecular flexibility index (Phi) is 1.58. The van der Waals surface area contributed by atoms with Crippen LogP contribution in [0.4, 0.5) is 0 Å². The lowest BCUT2D eigenvalue weighted by molar-refractivity contribution is 0.533.